The summed E-state index contributed by atoms with van der Waals surface area (Å²) in [6.07, 6.45) is 2.58. The van der Waals surface area contributed by atoms with E-state index in [0.29, 0.717) is 6.04 Å². The zero-order valence-corrected chi connectivity index (χ0v) is 11.8. The van der Waals surface area contributed by atoms with Crippen LogP contribution in [0.3, 0.4) is 0 Å². The molecule has 0 unspecified atom stereocenters. The summed E-state index contributed by atoms with van der Waals surface area (Å²) < 4.78 is 6.54. The van der Waals surface area contributed by atoms with Gasteiger partial charge in [-0.25, -0.2) is 0 Å². The third-order valence-corrected chi connectivity index (χ3v) is 3.79. The second kappa shape index (κ2) is 4.86. The molecule has 1 N–H and O–H groups in total. The highest BCUT2D eigenvalue weighted by atomic mass is 79.9. The van der Waals surface area contributed by atoms with Gasteiger partial charge < -0.3 is 9.84 Å². The first kappa shape index (κ1) is 11.9. The molecule has 1 saturated carbocycles. The number of benzene rings is 1. The van der Waals surface area contributed by atoms with Crippen molar-refractivity contribution >= 4 is 15.9 Å². The van der Waals surface area contributed by atoms with Gasteiger partial charge in [0.25, 0.3) is 0 Å². The molecule has 1 aliphatic carbocycles. The Kier molecular flexibility index (Phi) is 3.22. The molecule has 94 valence electrons. The Morgan fingerprint density at radius 3 is 2.72 bits per heavy atom. The number of halogens is 1. The van der Waals surface area contributed by atoms with Crippen LogP contribution in [-0.2, 0) is 6.54 Å². The van der Waals surface area contributed by atoms with E-state index in [4.69, 9.17) is 4.52 Å². The third-order valence-electron chi connectivity index (χ3n) is 3.26. The summed E-state index contributed by atoms with van der Waals surface area (Å²) in [4.78, 5) is 0. The summed E-state index contributed by atoms with van der Waals surface area (Å²) in [5.41, 5.74) is 3.21. The molecule has 1 aliphatic rings. The lowest BCUT2D eigenvalue weighted by Crippen LogP contribution is -2.16. The number of nitrogens with one attached hydrogen (secondary N) is 1. The van der Waals surface area contributed by atoms with E-state index in [2.05, 4.69) is 33.3 Å². The molecule has 18 heavy (non-hydrogen) atoms. The molecule has 0 atom stereocenters. The normalized spacial score (nSPS) is 15.0. The van der Waals surface area contributed by atoms with Crippen LogP contribution in [0.25, 0.3) is 11.3 Å². The molecule has 0 radical (unpaired) electrons. The van der Waals surface area contributed by atoms with Gasteiger partial charge >= 0.3 is 0 Å². The number of nitrogens with zero attached hydrogens (tertiary/aromatic N) is 1. The minimum atomic E-state index is 0.692. The molecular formula is C14H15BrN2O. The Morgan fingerprint density at radius 2 is 2.06 bits per heavy atom. The first-order chi connectivity index (χ1) is 8.74. The molecule has 0 aliphatic heterocycles. The Hall–Kier alpha value is -1.13. The Labute approximate surface area is 115 Å². The van der Waals surface area contributed by atoms with Crippen LogP contribution in [0.4, 0.5) is 0 Å². The monoisotopic (exact) mass is 306 g/mol. The van der Waals surface area contributed by atoms with Crippen molar-refractivity contribution in [3.8, 4) is 11.3 Å². The van der Waals surface area contributed by atoms with Gasteiger partial charge in [-0.15, -0.1) is 0 Å². The van der Waals surface area contributed by atoms with E-state index in [9.17, 15) is 0 Å². The highest BCUT2D eigenvalue weighted by molar-refractivity contribution is 9.10. The smallest absolute Gasteiger partial charge is 0.170 e. The highest BCUT2D eigenvalue weighted by Crippen LogP contribution is 2.27. The van der Waals surface area contributed by atoms with Crippen molar-refractivity contribution in [3.63, 3.8) is 0 Å². The van der Waals surface area contributed by atoms with Gasteiger partial charge in [-0.3, -0.25) is 0 Å². The summed E-state index contributed by atoms with van der Waals surface area (Å²) in [7, 11) is 0. The average Bonchev–Trinajstić information content (AvgIpc) is 3.13. The zero-order valence-electron chi connectivity index (χ0n) is 10.2. The largest absolute Gasteiger partial charge is 0.356 e. The van der Waals surface area contributed by atoms with E-state index in [1.165, 1.54) is 12.8 Å². The molecule has 1 heterocycles. The molecule has 3 rings (SSSR count). The predicted octanol–water partition coefficient (Wildman–Crippen LogP) is 3.66. The zero-order chi connectivity index (χ0) is 12.5. The molecule has 1 fully saturated rings. The predicted molar refractivity (Wildman–Crippen MR) is 74.2 cm³/mol. The first-order valence-corrected chi connectivity index (χ1v) is 6.98. The average molecular weight is 307 g/mol. The molecule has 0 saturated heterocycles. The van der Waals surface area contributed by atoms with Gasteiger partial charge in [0.1, 0.15) is 5.69 Å². The van der Waals surface area contributed by atoms with Crippen LogP contribution in [0.15, 0.2) is 33.3 Å². The fraction of sp³-hybridized carbons (Fsp3) is 0.357. The van der Waals surface area contributed by atoms with Gasteiger partial charge in [0, 0.05) is 28.2 Å². The quantitative estimate of drug-likeness (QED) is 0.936. The van der Waals surface area contributed by atoms with Crippen LogP contribution in [0.2, 0.25) is 0 Å². The fourth-order valence-electron chi connectivity index (χ4n) is 1.93. The second-order valence-corrected chi connectivity index (χ2v) is 5.66. The number of hydrogen-bond donors (Lipinski definition) is 1. The maximum atomic E-state index is 5.47. The summed E-state index contributed by atoms with van der Waals surface area (Å²) in [5, 5.41) is 7.62. The van der Waals surface area contributed by atoms with Crippen LogP contribution in [0.1, 0.15) is 24.1 Å². The van der Waals surface area contributed by atoms with Gasteiger partial charge in [0.05, 0.1) is 0 Å². The summed E-state index contributed by atoms with van der Waals surface area (Å²) >= 11 is 3.43. The third kappa shape index (κ3) is 2.49. The van der Waals surface area contributed by atoms with E-state index in [1.54, 1.807) is 0 Å². The fourth-order valence-corrected chi connectivity index (χ4v) is 2.20. The Bertz CT molecular complexity index is 543. The van der Waals surface area contributed by atoms with Gasteiger partial charge in [0.15, 0.2) is 5.76 Å². The SMILES string of the molecule is Cc1c(CNC2CC2)noc1-c1ccc(Br)cc1. The minimum absolute atomic E-state index is 0.692. The maximum Gasteiger partial charge on any atom is 0.170 e. The van der Waals surface area contributed by atoms with Crippen LogP contribution in [-0.4, -0.2) is 11.2 Å². The van der Waals surface area contributed by atoms with Crippen LogP contribution in [0.5, 0.6) is 0 Å². The van der Waals surface area contributed by atoms with Crippen LogP contribution >= 0.6 is 15.9 Å². The van der Waals surface area contributed by atoms with Gasteiger partial charge in [-0.2, -0.15) is 0 Å². The summed E-state index contributed by atoms with van der Waals surface area (Å²) in [6.45, 7) is 2.87. The van der Waals surface area contributed by atoms with Crippen molar-refractivity contribution < 1.29 is 4.52 Å². The molecule has 0 amide bonds. The molecule has 2 aromatic rings. The molecule has 1 aromatic heterocycles. The molecule has 0 bridgehead atoms. The van der Waals surface area contributed by atoms with Crippen molar-refractivity contribution in [3.05, 3.63) is 40.0 Å². The van der Waals surface area contributed by atoms with Crippen molar-refractivity contribution in [1.82, 2.24) is 10.5 Å². The summed E-state index contributed by atoms with van der Waals surface area (Å²) in [6, 6.07) is 8.79. The Balaban J connectivity index is 1.81. The van der Waals surface area contributed by atoms with Crippen molar-refractivity contribution in [2.24, 2.45) is 0 Å². The number of aromatic nitrogens is 1. The molecule has 0 spiro atoms. The van der Waals surface area contributed by atoms with E-state index in [0.717, 1.165) is 33.6 Å². The van der Waals surface area contributed by atoms with Gasteiger partial charge in [0.2, 0.25) is 0 Å². The lowest BCUT2D eigenvalue weighted by Gasteiger charge is -2.00. The molecule has 4 heteroatoms. The van der Waals surface area contributed by atoms with Crippen LogP contribution in [0, 0.1) is 6.92 Å². The molecule has 1 aromatic carbocycles. The first-order valence-electron chi connectivity index (χ1n) is 6.18. The topological polar surface area (TPSA) is 38.1 Å². The van der Waals surface area contributed by atoms with E-state index in [1.807, 2.05) is 24.3 Å². The molecule has 3 nitrogen and oxygen atoms in total. The van der Waals surface area contributed by atoms with Crippen molar-refractivity contribution in [2.45, 2.75) is 32.4 Å². The molecular weight excluding hydrogens is 292 g/mol. The van der Waals surface area contributed by atoms with Gasteiger partial charge in [-0.05, 0) is 31.9 Å². The maximum absolute atomic E-state index is 5.47. The lowest BCUT2D eigenvalue weighted by molar-refractivity contribution is 0.419. The lowest BCUT2D eigenvalue weighted by atomic mass is 10.1. The number of hydrogen-bond acceptors (Lipinski definition) is 3. The highest BCUT2D eigenvalue weighted by Gasteiger charge is 2.22. The van der Waals surface area contributed by atoms with Crippen molar-refractivity contribution in [2.75, 3.05) is 0 Å². The second-order valence-electron chi connectivity index (χ2n) is 4.75. The standard InChI is InChI=1S/C14H15BrN2O/c1-9-13(8-16-12-6-7-12)17-18-14(9)10-2-4-11(15)5-3-10/h2-5,12,16H,6-8H2,1H3. The Morgan fingerprint density at radius 1 is 1.33 bits per heavy atom. The van der Waals surface area contributed by atoms with E-state index in [-0.39, 0.29) is 0 Å². The van der Waals surface area contributed by atoms with E-state index < -0.39 is 0 Å². The van der Waals surface area contributed by atoms with Crippen molar-refractivity contribution in [1.29, 1.82) is 0 Å². The van der Waals surface area contributed by atoms with Gasteiger partial charge in [-0.1, -0.05) is 33.2 Å². The minimum Gasteiger partial charge on any atom is -0.356 e. The van der Waals surface area contributed by atoms with Crippen LogP contribution < -0.4 is 5.32 Å². The van der Waals surface area contributed by atoms with E-state index >= 15 is 0 Å². The number of rotatable bonds is 4. The summed E-state index contributed by atoms with van der Waals surface area (Å²) in [5.74, 6) is 0.870.